The summed E-state index contributed by atoms with van der Waals surface area (Å²) in [6, 6.07) is 9.13. The molecule has 0 aliphatic rings. The van der Waals surface area contributed by atoms with Crippen molar-refractivity contribution in [3.63, 3.8) is 0 Å². The first kappa shape index (κ1) is 12.8. The third-order valence-corrected chi connectivity index (χ3v) is 2.75. The first-order chi connectivity index (χ1) is 6.70. The Balaban J connectivity index is 0.00000112. The van der Waals surface area contributed by atoms with Gasteiger partial charge in [0.25, 0.3) is 0 Å². The molecule has 0 fully saturated rings. The molecule has 2 rings (SSSR count). The molecular weight excluding hydrogens is 226 g/mol. The van der Waals surface area contributed by atoms with Gasteiger partial charge in [-0.05, 0) is 12.1 Å². The minimum atomic E-state index is -2.08. The molecule has 1 atom stereocenters. The molecule has 0 aliphatic heterocycles. The predicted molar refractivity (Wildman–Crippen MR) is 60.1 cm³/mol. The zero-order chi connectivity index (χ0) is 10.1. The molecule has 0 radical (unpaired) electrons. The van der Waals surface area contributed by atoms with Crippen LogP contribution in [0, 0.1) is 5.82 Å². The molecule has 2 aromatic rings. The van der Waals surface area contributed by atoms with E-state index in [-0.39, 0.29) is 40.3 Å². The summed E-state index contributed by atoms with van der Waals surface area (Å²) in [6.45, 7) is 0. The second-order valence-corrected chi connectivity index (χ2v) is 3.78. The molecule has 2 nitrogen and oxygen atoms in total. The molecule has 0 aliphatic carbocycles. The van der Waals surface area contributed by atoms with Crippen LogP contribution in [0.2, 0.25) is 0 Å². The van der Waals surface area contributed by atoms with Crippen LogP contribution in [0.4, 0.5) is 4.39 Å². The average Bonchev–Trinajstić information content (AvgIpc) is 2.17. The van der Waals surface area contributed by atoms with E-state index in [1.807, 2.05) is 0 Å². The summed E-state index contributed by atoms with van der Waals surface area (Å²) < 4.78 is 33.1. The molecule has 2 aromatic carbocycles. The molecule has 1 unspecified atom stereocenters. The second kappa shape index (κ2) is 5.18. The van der Waals surface area contributed by atoms with Crippen molar-refractivity contribution in [2.24, 2.45) is 0 Å². The van der Waals surface area contributed by atoms with E-state index in [1.165, 1.54) is 18.2 Å². The number of halogens is 1. The number of rotatable bonds is 1. The predicted octanol–water partition coefficient (Wildman–Crippen LogP) is 1.91. The first-order valence-electron chi connectivity index (χ1n) is 3.98. The standard InChI is InChI=1S/C10H7FO2S.Na.H/c11-9-5-1-4-8-7(9)3-2-6-10(8)14(12)13;;/h1-6H,(H,12,13);;. The Morgan fingerprint density at radius 2 is 1.67 bits per heavy atom. The molecular formula is C10H8FNaO2S. The Bertz CT molecular complexity index is 516. The molecule has 0 spiro atoms. The van der Waals surface area contributed by atoms with Crippen LogP contribution in [0.15, 0.2) is 41.3 Å². The van der Waals surface area contributed by atoms with Crippen LogP contribution >= 0.6 is 0 Å². The molecule has 15 heavy (non-hydrogen) atoms. The summed E-state index contributed by atoms with van der Waals surface area (Å²) >= 11 is -2.08. The second-order valence-electron chi connectivity index (χ2n) is 2.84. The van der Waals surface area contributed by atoms with Gasteiger partial charge in [0.05, 0.1) is 4.90 Å². The number of fused-ring (bicyclic) bond motifs is 1. The molecule has 0 saturated heterocycles. The summed E-state index contributed by atoms with van der Waals surface area (Å²) in [5.41, 5.74) is 0. The van der Waals surface area contributed by atoms with Crippen molar-refractivity contribution in [1.82, 2.24) is 0 Å². The third kappa shape index (κ3) is 2.46. The summed E-state index contributed by atoms with van der Waals surface area (Å²) in [5.74, 6) is -0.380. The Hall–Kier alpha value is -0.260. The van der Waals surface area contributed by atoms with E-state index in [4.69, 9.17) is 4.55 Å². The summed E-state index contributed by atoms with van der Waals surface area (Å²) in [7, 11) is 0. The maximum atomic E-state index is 13.2. The van der Waals surface area contributed by atoms with Crippen LogP contribution in [0.3, 0.4) is 0 Å². The average molecular weight is 234 g/mol. The van der Waals surface area contributed by atoms with Crippen LogP contribution in [-0.4, -0.2) is 38.3 Å². The van der Waals surface area contributed by atoms with Gasteiger partial charge in [-0.2, -0.15) is 0 Å². The topological polar surface area (TPSA) is 37.3 Å². The molecule has 5 heteroatoms. The molecule has 74 valence electrons. The fourth-order valence-electron chi connectivity index (χ4n) is 1.40. The van der Waals surface area contributed by atoms with Gasteiger partial charge in [-0.25, -0.2) is 8.60 Å². The van der Waals surface area contributed by atoms with Gasteiger partial charge in [-0.3, -0.25) is 0 Å². The van der Waals surface area contributed by atoms with Gasteiger partial charge in [-0.1, -0.05) is 24.3 Å². The van der Waals surface area contributed by atoms with E-state index in [1.54, 1.807) is 18.2 Å². The van der Waals surface area contributed by atoms with E-state index < -0.39 is 11.1 Å². The Kier molecular flexibility index (Phi) is 4.43. The van der Waals surface area contributed by atoms with E-state index in [2.05, 4.69) is 0 Å². The SMILES string of the molecule is O=S(O)c1cccc2c(F)cccc12.[NaH]. The molecule has 1 N–H and O–H groups in total. The number of benzene rings is 2. The maximum absolute atomic E-state index is 13.2. The van der Waals surface area contributed by atoms with Gasteiger partial charge in [0.1, 0.15) is 5.82 Å². The van der Waals surface area contributed by atoms with Gasteiger partial charge >= 0.3 is 29.6 Å². The molecule has 0 bridgehead atoms. The van der Waals surface area contributed by atoms with Crippen LogP contribution < -0.4 is 0 Å². The van der Waals surface area contributed by atoms with Gasteiger partial charge in [-0.15, -0.1) is 0 Å². The van der Waals surface area contributed by atoms with Crippen molar-refractivity contribution in [1.29, 1.82) is 0 Å². The van der Waals surface area contributed by atoms with E-state index >= 15 is 0 Å². The van der Waals surface area contributed by atoms with Crippen LogP contribution in [0.5, 0.6) is 0 Å². The van der Waals surface area contributed by atoms with Gasteiger partial charge in [0.15, 0.2) is 11.1 Å². The van der Waals surface area contributed by atoms with Crippen LogP contribution in [0.1, 0.15) is 0 Å². The van der Waals surface area contributed by atoms with Crippen LogP contribution in [0.25, 0.3) is 10.8 Å². The molecule has 0 amide bonds. The molecule has 0 saturated carbocycles. The summed E-state index contributed by atoms with van der Waals surface area (Å²) in [5, 5.41) is 0.848. The van der Waals surface area contributed by atoms with E-state index in [0.29, 0.717) is 10.8 Å². The zero-order valence-electron chi connectivity index (χ0n) is 7.11. The van der Waals surface area contributed by atoms with E-state index in [0.717, 1.165) is 0 Å². The Labute approximate surface area is 111 Å². The Morgan fingerprint density at radius 1 is 1.07 bits per heavy atom. The minimum absolute atomic E-state index is 0. The summed E-state index contributed by atoms with van der Waals surface area (Å²) in [6.07, 6.45) is 0. The van der Waals surface area contributed by atoms with Gasteiger partial charge in [0, 0.05) is 10.8 Å². The Morgan fingerprint density at radius 3 is 2.33 bits per heavy atom. The van der Waals surface area contributed by atoms with Gasteiger partial charge in [0.2, 0.25) is 0 Å². The third-order valence-electron chi connectivity index (χ3n) is 2.02. The zero-order valence-corrected chi connectivity index (χ0v) is 7.92. The first-order valence-corrected chi connectivity index (χ1v) is 5.09. The van der Waals surface area contributed by atoms with Gasteiger partial charge < -0.3 is 4.55 Å². The fraction of sp³-hybridized carbons (Fsp3) is 0. The number of hydrogen-bond donors (Lipinski definition) is 1. The van der Waals surface area contributed by atoms with Crippen molar-refractivity contribution < 1.29 is 13.2 Å². The summed E-state index contributed by atoms with van der Waals surface area (Å²) in [4.78, 5) is 0.238. The van der Waals surface area contributed by atoms with Crippen molar-refractivity contribution >= 4 is 51.4 Å². The van der Waals surface area contributed by atoms with Crippen molar-refractivity contribution in [3.8, 4) is 0 Å². The molecule has 0 heterocycles. The normalized spacial score (nSPS) is 12.1. The van der Waals surface area contributed by atoms with Crippen molar-refractivity contribution in [2.75, 3.05) is 0 Å². The number of hydrogen-bond acceptors (Lipinski definition) is 1. The quantitative estimate of drug-likeness (QED) is 0.604. The van der Waals surface area contributed by atoms with Crippen LogP contribution in [-0.2, 0) is 11.1 Å². The van der Waals surface area contributed by atoms with Crippen molar-refractivity contribution in [2.45, 2.75) is 4.90 Å². The van der Waals surface area contributed by atoms with E-state index in [9.17, 15) is 8.60 Å². The monoisotopic (exact) mass is 234 g/mol. The van der Waals surface area contributed by atoms with Crippen molar-refractivity contribution in [3.05, 3.63) is 42.2 Å². The fourth-order valence-corrected chi connectivity index (χ4v) is 1.96. The molecule has 0 aromatic heterocycles.